The minimum absolute atomic E-state index is 0.165. The molecule has 0 aliphatic rings. The molecule has 2 aromatic rings. The Morgan fingerprint density at radius 3 is 2.43 bits per heavy atom. The first kappa shape index (κ1) is 16.6. The zero-order chi connectivity index (χ0) is 17.1. The third-order valence-corrected chi connectivity index (χ3v) is 3.88. The van der Waals surface area contributed by atoms with E-state index in [0.717, 1.165) is 23.4 Å². The van der Waals surface area contributed by atoms with E-state index >= 15 is 0 Å². The van der Waals surface area contributed by atoms with E-state index in [9.17, 15) is 4.79 Å². The summed E-state index contributed by atoms with van der Waals surface area (Å²) in [4.78, 5) is 21.3. The highest BCUT2D eigenvalue weighted by atomic mass is 16.1. The average molecular weight is 311 g/mol. The van der Waals surface area contributed by atoms with Crippen LogP contribution in [0.25, 0.3) is 0 Å². The lowest BCUT2D eigenvalue weighted by Crippen LogP contribution is -2.24. The molecule has 0 fully saturated rings. The number of H-pyrrole nitrogens is 1. The lowest BCUT2D eigenvalue weighted by Gasteiger charge is -2.18. The van der Waals surface area contributed by atoms with Crippen LogP contribution >= 0.6 is 0 Å². The van der Waals surface area contributed by atoms with Crippen molar-refractivity contribution >= 4 is 17.5 Å². The molecule has 0 saturated heterocycles. The lowest BCUT2D eigenvalue weighted by atomic mass is 10.0. The minimum Gasteiger partial charge on any atom is -0.346 e. The van der Waals surface area contributed by atoms with E-state index in [0.29, 0.717) is 22.9 Å². The van der Waals surface area contributed by atoms with Gasteiger partial charge in [0.2, 0.25) is 5.95 Å². The number of nitriles is 1. The number of benzene rings is 1. The van der Waals surface area contributed by atoms with Gasteiger partial charge in [0.05, 0.1) is 17.2 Å². The fourth-order valence-corrected chi connectivity index (χ4v) is 2.32. The molecule has 0 saturated carbocycles. The largest absolute Gasteiger partial charge is 0.346 e. The van der Waals surface area contributed by atoms with E-state index in [4.69, 9.17) is 5.26 Å². The zero-order valence-electron chi connectivity index (χ0n) is 14.1. The van der Waals surface area contributed by atoms with Gasteiger partial charge in [0.15, 0.2) is 0 Å². The molecule has 6 heteroatoms. The van der Waals surface area contributed by atoms with Gasteiger partial charge >= 0.3 is 0 Å². The Morgan fingerprint density at radius 2 is 1.91 bits per heavy atom. The predicted molar refractivity (Wildman–Crippen MR) is 92.5 cm³/mol. The third kappa shape index (κ3) is 3.34. The first-order valence-electron chi connectivity index (χ1n) is 7.47. The maximum Gasteiger partial charge on any atom is 0.257 e. The van der Waals surface area contributed by atoms with Gasteiger partial charge in [0.25, 0.3) is 5.56 Å². The number of hydrogen-bond acceptors (Lipinski definition) is 5. The monoisotopic (exact) mass is 311 g/mol. The number of aromatic nitrogens is 2. The van der Waals surface area contributed by atoms with Gasteiger partial charge in [0.1, 0.15) is 5.82 Å². The first-order chi connectivity index (χ1) is 10.9. The maximum absolute atomic E-state index is 12.1. The van der Waals surface area contributed by atoms with Gasteiger partial charge in [-0.15, -0.1) is 0 Å². The summed E-state index contributed by atoms with van der Waals surface area (Å²) in [7, 11) is 1.87. The van der Waals surface area contributed by atoms with Gasteiger partial charge in [-0.3, -0.25) is 9.78 Å². The van der Waals surface area contributed by atoms with Gasteiger partial charge in [-0.2, -0.15) is 10.2 Å². The molecule has 0 unspecified atom stereocenters. The number of rotatable bonds is 4. The molecule has 2 rings (SSSR count). The molecule has 0 bridgehead atoms. The van der Waals surface area contributed by atoms with E-state index in [1.807, 2.05) is 44.9 Å². The summed E-state index contributed by atoms with van der Waals surface area (Å²) >= 11 is 0. The Labute approximate surface area is 135 Å². The molecule has 0 aliphatic heterocycles. The van der Waals surface area contributed by atoms with Crippen molar-refractivity contribution in [1.82, 2.24) is 9.97 Å². The highest BCUT2D eigenvalue weighted by Crippen LogP contribution is 2.26. The maximum atomic E-state index is 12.1. The van der Waals surface area contributed by atoms with Crippen molar-refractivity contribution in [2.45, 2.75) is 27.7 Å². The van der Waals surface area contributed by atoms with E-state index in [2.05, 4.69) is 21.4 Å². The predicted octanol–water partition coefficient (Wildman–Crippen LogP) is 2.77. The van der Waals surface area contributed by atoms with E-state index in [1.165, 1.54) is 0 Å². The Balaban J connectivity index is 2.51. The smallest absolute Gasteiger partial charge is 0.257 e. The summed E-state index contributed by atoms with van der Waals surface area (Å²) in [6, 6.07) is 5.78. The molecule has 1 aromatic heterocycles. The zero-order valence-corrected chi connectivity index (χ0v) is 14.1. The molecular formula is C17H21N5O. The number of nitrogens with one attached hydrogen (secondary N) is 2. The van der Waals surface area contributed by atoms with Gasteiger partial charge in [-0.25, -0.2) is 0 Å². The summed E-state index contributed by atoms with van der Waals surface area (Å²) in [5, 5.41) is 12.3. The summed E-state index contributed by atoms with van der Waals surface area (Å²) < 4.78 is 0. The molecule has 0 aliphatic carbocycles. The van der Waals surface area contributed by atoms with Crippen LogP contribution in [0.4, 0.5) is 17.5 Å². The summed E-state index contributed by atoms with van der Waals surface area (Å²) in [6.07, 6.45) is 0. The van der Waals surface area contributed by atoms with Crippen molar-refractivity contribution in [1.29, 1.82) is 5.26 Å². The normalized spacial score (nSPS) is 10.3. The average Bonchev–Trinajstić information content (AvgIpc) is 2.53. The Kier molecular flexibility index (Phi) is 4.70. The number of aryl methyl sites for hydroxylation is 2. The molecular weight excluding hydrogens is 290 g/mol. The molecule has 0 radical (unpaired) electrons. The number of hydrogen-bond donors (Lipinski definition) is 2. The highest BCUT2D eigenvalue weighted by Gasteiger charge is 2.13. The molecule has 1 heterocycles. The summed E-state index contributed by atoms with van der Waals surface area (Å²) in [5.74, 6) is 1.05. The van der Waals surface area contributed by atoms with Crippen molar-refractivity contribution in [3.05, 3.63) is 44.7 Å². The summed E-state index contributed by atoms with van der Waals surface area (Å²) in [5.41, 5.74) is 3.73. The second-order valence-electron chi connectivity index (χ2n) is 5.60. The molecule has 2 N–H and O–H groups in total. The highest BCUT2D eigenvalue weighted by molar-refractivity contribution is 5.68. The Hall–Kier alpha value is -2.81. The minimum atomic E-state index is -0.165. The van der Waals surface area contributed by atoms with Crippen LogP contribution in [0.1, 0.15) is 29.2 Å². The molecule has 1 aromatic carbocycles. The van der Waals surface area contributed by atoms with Gasteiger partial charge in [-0.05, 0) is 51.0 Å². The fourth-order valence-electron chi connectivity index (χ4n) is 2.32. The van der Waals surface area contributed by atoms with Crippen LogP contribution in [0.3, 0.4) is 0 Å². The van der Waals surface area contributed by atoms with Crippen LogP contribution in [-0.4, -0.2) is 23.6 Å². The Morgan fingerprint density at radius 1 is 1.30 bits per heavy atom. The van der Waals surface area contributed by atoms with Crippen LogP contribution in [-0.2, 0) is 0 Å². The van der Waals surface area contributed by atoms with Gasteiger partial charge < -0.3 is 10.2 Å². The SMILES string of the molecule is CCN(C)c1nc(Nc2c(C)cc(C#N)cc2C)c(C)c(=O)[nH]1. The molecule has 23 heavy (non-hydrogen) atoms. The quantitative estimate of drug-likeness (QED) is 0.907. The standard InChI is InChI=1S/C17H21N5O/c1-6-22(5)17-20-15(12(4)16(23)21-17)19-14-10(2)7-13(9-18)8-11(14)3/h7-8H,6H2,1-5H3,(H2,19,20,21,23). The van der Waals surface area contributed by atoms with Crippen molar-refractivity contribution in [2.75, 3.05) is 23.8 Å². The molecule has 0 atom stereocenters. The first-order valence-corrected chi connectivity index (χ1v) is 7.47. The van der Waals surface area contributed by atoms with E-state index < -0.39 is 0 Å². The van der Waals surface area contributed by atoms with Crippen molar-refractivity contribution < 1.29 is 0 Å². The number of anilines is 3. The van der Waals surface area contributed by atoms with Crippen molar-refractivity contribution in [3.8, 4) is 6.07 Å². The number of aromatic amines is 1. The van der Waals surface area contributed by atoms with Crippen LogP contribution < -0.4 is 15.8 Å². The van der Waals surface area contributed by atoms with Crippen LogP contribution in [0, 0.1) is 32.1 Å². The van der Waals surface area contributed by atoms with Crippen molar-refractivity contribution in [2.24, 2.45) is 0 Å². The second kappa shape index (κ2) is 6.53. The van der Waals surface area contributed by atoms with Crippen LogP contribution in [0.2, 0.25) is 0 Å². The lowest BCUT2D eigenvalue weighted by molar-refractivity contribution is 0.889. The van der Waals surface area contributed by atoms with Gasteiger partial charge in [-0.1, -0.05) is 0 Å². The van der Waals surface area contributed by atoms with Crippen LogP contribution in [0.15, 0.2) is 16.9 Å². The van der Waals surface area contributed by atoms with E-state index in [1.54, 1.807) is 6.92 Å². The molecule has 0 spiro atoms. The Bertz CT molecular complexity index is 809. The third-order valence-electron chi connectivity index (χ3n) is 3.88. The molecule has 6 nitrogen and oxygen atoms in total. The van der Waals surface area contributed by atoms with E-state index in [-0.39, 0.29) is 5.56 Å². The number of nitrogens with zero attached hydrogens (tertiary/aromatic N) is 3. The van der Waals surface area contributed by atoms with Crippen LogP contribution in [0.5, 0.6) is 0 Å². The summed E-state index contributed by atoms with van der Waals surface area (Å²) in [6.45, 7) is 8.32. The topological polar surface area (TPSA) is 84.8 Å². The van der Waals surface area contributed by atoms with Gasteiger partial charge in [0, 0.05) is 19.3 Å². The van der Waals surface area contributed by atoms with Crippen molar-refractivity contribution in [3.63, 3.8) is 0 Å². The second-order valence-corrected chi connectivity index (χ2v) is 5.60. The fraction of sp³-hybridized carbons (Fsp3) is 0.353. The molecule has 0 amide bonds. The molecule has 120 valence electrons.